The van der Waals surface area contributed by atoms with Crippen LogP contribution in [0.15, 0.2) is 22.5 Å². The molecule has 1 aliphatic heterocycles. The van der Waals surface area contributed by atoms with Crippen molar-refractivity contribution in [2.75, 3.05) is 19.6 Å². The third kappa shape index (κ3) is 4.53. The van der Waals surface area contributed by atoms with Gasteiger partial charge in [-0.3, -0.25) is 4.99 Å². The molecule has 0 spiro atoms. The van der Waals surface area contributed by atoms with Crippen LogP contribution in [0.3, 0.4) is 0 Å². The number of hydrogen-bond acceptors (Lipinski definition) is 2. The fraction of sp³-hybridized carbons (Fsp3) is 0.667. The van der Waals surface area contributed by atoms with Gasteiger partial charge in [0.05, 0.1) is 0 Å². The molecule has 0 radical (unpaired) electrons. The van der Waals surface area contributed by atoms with Crippen molar-refractivity contribution in [1.82, 2.24) is 4.90 Å². The molecule has 19 heavy (non-hydrogen) atoms. The van der Waals surface area contributed by atoms with Crippen LogP contribution in [0.25, 0.3) is 0 Å². The van der Waals surface area contributed by atoms with Gasteiger partial charge in [-0.1, -0.05) is 19.9 Å². The van der Waals surface area contributed by atoms with Crippen molar-refractivity contribution in [1.29, 1.82) is 0 Å². The second kappa shape index (κ2) is 6.94. The van der Waals surface area contributed by atoms with Gasteiger partial charge in [0, 0.05) is 24.5 Å². The summed E-state index contributed by atoms with van der Waals surface area (Å²) in [5.41, 5.74) is 6.09. The van der Waals surface area contributed by atoms with Crippen molar-refractivity contribution >= 4 is 17.3 Å². The summed E-state index contributed by atoms with van der Waals surface area (Å²) in [7, 11) is 0. The number of thiophene rings is 1. The zero-order chi connectivity index (χ0) is 13.7. The molecule has 4 heteroatoms. The number of piperidine rings is 1. The van der Waals surface area contributed by atoms with Crippen molar-refractivity contribution < 1.29 is 0 Å². The normalized spacial score (nSPS) is 19.7. The molecule has 2 N–H and O–H groups in total. The molecule has 0 aromatic carbocycles. The van der Waals surface area contributed by atoms with Gasteiger partial charge in [0.15, 0.2) is 5.96 Å². The van der Waals surface area contributed by atoms with Crippen LogP contribution in [-0.4, -0.2) is 30.5 Å². The molecule has 1 aliphatic rings. The minimum absolute atomic E-state index is 0.556. The zero-order valence-corrected chi connectivity index (χ0v) is 12.8. The summed E-state index contributed by atoms with van der Waals surface area (Å²) in [5.74, 6) is 2.13. The lowest BCUT2D eigenvalue weighted by Gasteiger charge is -2.31. The number of aliphatic imine (C=N–C) groups is 1. The van der Waals surface area contributed by atoms with Crippen LogP contribution in [0.4, 0.5) is 0 Å². The van der Waals surface area contributed by atoms with E-state index in [0.717, 1.165) is 37.9 Å². The van der Waals surface area contributed by atoms with Gasteiger partial charge in [-0.05, 0) is 42.5 Å². The van der Waals surface area contributed by atoms with Gasteiger partial charge >= 0.3 is 0 Å². The van der Waals surface area contributed by atoms with E-state index in [1.807, 2.05) is 11.3 Å². The van der Waals surface area contributed by atoms with E-state index >= 15 is 0 Å². The van der Waals surface area contributed by atoms with E-state index in [4.69, 9.17) is 5.73 Å². The quantitative estimate of drug-likeness (QED) is 0.680. The lowest BCUT2D eigenvalue weighted by atomic mass is 10.00. The lowest BCUT2D eigenvalue weighted by Crippen LogP contribution is -2.42. The maximum Gasteiger partial charge on any atom is 0.191 e. The van der Waals surface area contributed by atoms with Crippen molar-refractivity contribution in [2.24, 2.45) is 22.6 Å². The third-order valence-electron chi connectivity index (χ3n) is 3.80. The maximum atomic E-state index is 6.09. The monoisotopic (exact) mass is 279 g/mol. The molecular formula is C15H25N3S. The van der Waals surface area contributed by atoms with Crippen LogP contribution >= 0.6 is 11.3 Å². The Hall–Kier alpha value is -1.03. The zero-order valence-electron chi connectivity index (χ0n) is 12.0. The SMILES string of the molecule is CC1CCN(C(N)=NCC(C)Cc2cccs2)CC1. The predicted molar refractivity (Wildman–Crippen MR) is 83.6 cm³/mol. The van der Waals surface area contributed by atoms with Gasteiger partial charge in [0.1, 0.15) is 0 Å². The van der Waals surface area contributed by atoms with E-state index in [1.165, 1.54) is 17.7 Å². The molecule has 1 aromatic rings. The third-order valence-corrected chi connectivity index (χ3v) is 4.70. The number of likely N-dealkylation sites (tertiary alicyclic amines) is 1. The van der Waals surface area contributed by atoms with Gasteiger partial charge < -0.3 is 10.6 Å². The van der Waals surface area contributed by atoms with Crippen molar-refractivity contribution in [3.63, 3.8) is 0 Å². The highest BCUT2D eigenvalue weighted by Crippen LogP contribution is 2.16. The molecule has 106 valence electrons. The van der Waals surface area contributed by atoms with E-state index in [-0.39, 0.29) is 0 Å². The molecule has 0 aliphatic carbocycles. The molecule has 1 aromatic heterocycles. The largest absolute Gasteiger partial charge is 0.370 e. The fourth-order valence-corrected chi connectivity index (χ4v) is 3.29. The molecule has 1 atom stereocenters. The number of guanidine groups is 1. The number of rotatable bonds is 4. The van der Waals surface area contributed by atoms with Gasteiger partial charge in [0.25, 0.3) is 0 Å². The number of nitrogens with two attached hydrogens (primary N) is 1. The minimum Gasteiger partial charge on any atom is -0.370 e. The molecule has 2 rings (SSSR count). The van der Waals surface area contributed by atoms with Crippen LogP contribution in [0, 0.1) is 11.8 Å². The molecule has 0 amide bonds. The summed E-state index contributed by atoms with van der Waals surface area (Å²) in [5, 5.41) is 2.13. The summed E-state index contributed by atoms with van der Waals surface area (Å²) in [6, 6.07) is 4.31. The highest BCUT2D eigenvalue weighted by molar-refractivity contribution is 7.09. The topological polar surface area (TPSA) is 41.6 Å². The first-order valence-electron chi connectivity index (χ1n) is 7.22. The predicted octanol–water partition coefficient (Wildman–Crippen LogP) is 2.97. The van der Waals surface area contributed by atoms with Gasteiger partial charge in [0.2, 0.25) is 0 Å². The highest BCUT2D eigenvalue weighted by Gasteiger charge is 2.17. The second-order valence-electron chi connectivity index (χ2n) is 5.76. The van der Waals surface area contributed by atoms with Crippen molar-refractivity contribution in [3.05, 3.63) is 22.4 Å². The first-order chi connectivity index (χ1) is 9.15. The Morgan fingerprint density at radius 2 is 2.26 bits per heavy atom. The van der Waals surface area contributed by atoms with Crippen LogP contribution in [0.5, 0.6) is 0 Å². The summed E-state index contributed by atoms with van der Waals surface area (Å²) < 4.78 is 0. The number of hydrogen-bond donors (Lipinski definition) is 1. The van der Waals surface area contributed by atoms with E-state index in [2.05, 4.69) is 41.3 Å². The van der Waals surface area contributed by atoms with Crippen molar-refractivity contribution in [3.8, 4) is 0 Å². The first kappa shape index (κ1) is 14.4. The first-order valence-corrected chi connectivity index (χ1v) is 8.10. The van der Waals surface area contributed by atoms with Crippen LogP contribution in [0.1, 0.15) is 31.6 Å². The Labute approximate surface area is 120 Å². The average Bonchev–Trinajstić information content (AvgIpc) is 2.89. The van der Waals surface area contributed by atoms with Gasteiger partial charge in [-0.15, -0.1) is 11.3 Å². The summed E-state index contributed by atoms with van der Waals surface area (Å²) in [6.07, 6.45) is 3.58. The Kier molecular flexibility index (Phi) is 5.25. The molecule has 0 saturated carbocycles. The second-order valence-corrected chi connectivity index (χ2v) is 6.79. The number of nitrogens with zero attached hydrogens (tertiary/aromatic N) is 2. The van der Waals surface area contributed by atoms with E-state index < -0.39 is 0 Å². The van der Waals surface area contributed by atoms with Crippen LogP contribution in [0.2, 0.25) is 0 Å². The van der Waals surface area contributed by atoms with E-state index in [1.54, 1.807) is 0 Å². The molecule has 1 unspecified atom stereocenters. The van der Waals surface area contributed by atoms with Crippen LogP contribution < -0.4 is 5.73 Å². The van der Waals surface area contributed by atoms with Crippen molar-refractivity contribution in [2.45, 2.75) is 33.1 Å². The molecule has 1 saturated heterocycles. The molecule has 2 heterocycles. The Balaban J connectivity index is 1.77. The highest BCUT2D eigenvalue weighted by atomic mass is 32.1. The van der Waals surface area contributed by atoms with E-state index in [9.17, 15) is 0 Å². The maximum absolute atomic E-state index is 6.09. The smallest absolute Gasteiger partial charge is 0.191 e. The molecule has 1 fully saturated rings. The summed E-state index contributed by atoms with van der Waals surface area (Å²) in [6.45, 7) is 7.52. The fourth-order valence-electron chi connectivity index (χ4n) is 2.42. The Bertz CT molecular complexity index is 392. The average molecular weight is 279 g/mol. The standard InChI is InChI=1S/C15H25N3S/c1-12-5-7-18(8-6-12)15(16)17-11-13(2)10-14-4-3-9-19-14/h3-4,9,12-13H,5-8,10-11H2,1-2H3,(H2,16,17). The minimum atomic E-state index is 0.556. The van der Waals surface area contributed by atoms with Crippen LogP contribution in [-0.2, 0) is 6.42 Å². The Morgan fingerprint density at radius 3 is 2.89 bits per heavy atom. The Morgan fingerprint density at radius 1 is 1.53 bits per heavy atom. The molecular weight excluding hydrogens is 254 g/mol. The van der Waals surface area contributed by atoms with E-state index in [0.29, 0.717) is 5.92 Å². The lowest BCUT2D eigenvalue weighted by molar-refractivity contribution is 0.277. The molecule has 0 bridgehead atoms. The summed E-state index contributed by atoms with van der Waals surface area (Å²) >= 11 is 1.82. The van der Waals surface area contributed by atoms with Gasteiger partial charge in [-0.25, -0.2) is 0 Å². The molecule has 3 nitrogen and oxygen atoms in total. The van der Waals surface area contributed by atoms with Gasteiger partial charge in [-0.2, -0.15) is 0 Å². The summed E-state index contributed by atoms with van der Waals surface area (Å²) in [4.78, 5) is 8.25.